The Morgan fingerprint density at radius 2 is 1.69 bits per heavy atom. The second-order valence-corrected chi connectivity index (χ2v) is 9.71. The highest BCUT2D eigenvalue weighted by molar-refractivity contribution is 6.51. The van der Waals surface area contributed by atoms with Gasteiger partial charge < -0.3 is 14.0 Å². The molecule has 0 N–H and O–H groups in total. The molecule has 0 radical (unpaired) electrons. The fraction of sp³-hybridized carbons (Fsp3) is 0.636. The van der Waals surface area contributed by atoms with Crippen LogP contribution in [0, 0.1) is 23.2 Å². The molecule has 0 spiro atoms. The van der Waals surface area contributed by atoms with Crippen molar-refractivity contribution in [1.82, 2.24) is 4.90 Å². The molecular weight excluding hydrogens is 369 g/mol. The van der Waals surface area contributed by atoms with Gasteiger partial charge >= 0.3 is 19.1 Å². The molecule has 3 aliphatic carbocycles. The predicted molar refractivity (Wildman–Crippen MR) is 107 cm³/mol. The summed E-state index contributed by atoms with van der Waals surface area (Å²) in [5, 5.41) is 0. The lowest BCUT2D eigenvalue weighted by Gasteiger charge is -2.63. The highest BCUT2D eigenvalue weighted by Crippen LogP contribution is 2.62. The molecule has 1 aromatic rings. The van der Waals surface area contributed by atoms with Crippen LogP contribution >= 0.6 is 0 Å². The molecule has 5 fully saturated rings. The molecule has 5 aliphatic rings. The summed E-state index contributed by atoms with van der Waals surface area (Å²) in [7, 11) is -0.974. The smallest absolute Gasteiger partial charge is 0.496 e. The zero-order valence-electron chi connectivity index (χ0n) is 17.2. The third-order valence-electron chi connectivity index (χ3n) is 7.86. The second kappa shape index (κ2) is 6.84. The molecule has 6 rings (SSSR count). The van der Waals surface area contributed by atoms with Crippen LogP contribution in [0.2, 0.25) is 0 Å². The molecule has 2 heterocycles. The molecule has 29 heavy (non-hydrogen) atoms. The maximum atomic E-state index is 12.6. The summed E-state index contributed by atoms with van der Waals surface area (Å²) in [5.41, 5.74) is 1.35. The summed E-state index contributed by atoms with van der Waals surface area (Å²) in [6.45, 7) is 7.20. The number of ether oxygens (including phenoxy) is 1. The molecule has 6 atom stereocenters. The average molecular weight is 397 g/mol. The maximum absolute atomic E-state index is 12.6. The Morgan fingerprint density at radius 3 is 2.28 bits per heavy atom. The first-order valence-electron chi connectivity index (χ1n) is 10.7. The van der Waals surface area contributed by atoms with E-state index in [0.717, 1.165) is 12.0 Å². The molecule has 2 saturated heterocycles. The molecule has 0 aromatic heterocycles. The topological polar surface area (TPSA) is 68.4 Å². The Labute approximate surface area is 172 Å². The first-order chi connectivity index (χ1) is 13.8. The van der Waals surface area contributed by atoms with Gasteiger partial charge in [0, 0.05) is 6.04 Å². The summed E-state index contributed by atoms with van der Waals surface area (Å²) in [6.07, 6.45) is 2.08. The minimum atomic E-state index is -0.974. The van der Waals surface area contributed by atoms with E-state index in [9.17, 15) is 9.59 Å². The van der Waals surface area contributed by atoms with Crippen molar-refractivity contribution < 1.29 is 23.6 Å². The van der Waals surface area contributed by atoms with Gasteiger partial charge in [-0.1, -0.05) is 51.1 Å². The van der Waals surface area contributed by atoms with Crippen molar-refractivity contribution in [1.29, 1.82) is 0 Å². The second-order valence-electron chi connectivity index (χ2n) is 9.71. The van der Waals surface area contributed by atoms with Crippen LogP contribution in [-0.4, -0.2) is 49.1 Å². The van der Waals surface area contributed by atoms with Crippen LogP contribution in [0.4, 0.5) is 0 Å². The number of epoxide rings is 1. The molecule has 3 saturated carbocycles. The molecule has 2 bridgehead atoms. The summed E-state index contributed by atoms with van der Waals surface area (Å²) in [4.78, 5) is 27.2. The Hall–Kier alpha value is -1.86. The van der Waals surface area contributed by atoms with Gasteiger partial charge in [0.05, 0.1) is 13.1 Å². The highest BCUT2D eigenvalue weighted by atomic mass is 16.7. The van der Waals surface area contributed by atoms with E-state index in [2.05, 4.69) is 20.8 Å². The van der Waals surface area contributed by atoms with Crippen molar-refractivity contribution in [3.63, 3.8) is 0 Å². The Morgan fingerprint density at radius 1 is 1.03 bits per heavy atom. The highest BCUT2D eigenvalue weighted by Gasteiger charge is 2.59. The molecule has 2 aliphatic heterocycles. The number of benzene rings is 1. The van der Waals surface area contributed by atoms with Gasteiger partial charge in [0.2, 0.25) is 0 Å². The predicted octanol–water partition coefficient (Wildman–Crippen LogP) is 2.63. The fourth-order valence-electron chi connectivity index (χ4n) is 5.96. The van der Waals surface area contributed by atoms with Gasteiger partial charge in [-0.05, 0) is 41.6 Å². The lowest BCUT2D eigenvalue weighted by molar-refractivity contribution is -0.160. The molecular formula is C22H28BNO5. The van der Waals surface area contributed by atoms with Crippen molar-refractivity contribution in [2.24, 2.45) is 23.2 Å². The Balaban J connectivity index is 1.25. The molecule has 6 nitrogen and oxygen atoms in total. The number of carbonyl (C=O) groups is 2. The average Bonchev–Trinajstić information content (AvgIpc) is 3.47. The normalized spacial score (nSPS) is 38.9. The first kappa shape index (κ1) is 19.1. The first-order valence-corrected chi connectivity index (χ1v) is 10.7. The van der Waals surface area contributed by atoms with E-state index >= 15 is 0 Å². The van der Waals surface area contributed by atoms with Crippen LogP contribution in [0.1, 0.15) is 45.3 Å². The SMILES string of the molecule is C[C@H]1[C@H](N2CC(=O)OB([C@@H]3O[C@H]3c3ccccc3)OC(=O)C2)CC2C[C@H]1C2(C)C. The monoisotopic (exact) mass is 397 g/mol. The van der Waals surface area contributed by atoms with Crippen molar-refractivity contribution in [3.8, 4) is 0 Å². The Kier molecular flexibility index (Phi) is 4.51. The fourth-order valence-corrected chi connectivity index (χ4v) is 5.96. The van der Waals surface area contributed by atoms with E-state index < -0.39 is 13.1 Å². The minimum absolute atomic E-state index is 0.128. The van der Waals surface area contributed by atoms with Crippen molar-refractivity contribution >= 4 is 19.1 Å². The van der Waals surface area contributed by atoms with Gasteiger partial charge in [0.25, 0.3) is 0 Å². The zero-order chi connectivity index (χ0) is 20.3. The quantitative estimate of drug-likeness (QED) is 0.577. The van der Waals surface area contributed by atoms with E-state index in [4.69, 9.17) is 14.0 Å². The Bertz CT molecular complexity index is 795. The number of carbonyl (C=O) groups excluding carboxylic acids is 2. The van der Waals surface area contributed by atoms with E-state index in [0.29, 0.717) is 23.2 Å². The number of hydrogen-bond donors (Lipinski definition) is 0. The number of nitrogens with zero attached hydrogens (tertiary/aromatic N) is 1. The van der Waals surface area contributed by atoms with Crippen LogP contribution in [-0.2, 0) is 23.6 Å². The standard InChI is InChI=1S/C22H28BNO5/c1-13-16-9-15(22(16,2)3)10-17(13)24-11-18(25)28-23(29-19(26)12-24)21-20(27-21)14-7-5-4-6-8-14/h4-8,13,15-17,20-21H,9-12H2,1-3H3/t13-,15?,16-,17-,20+,21-/m1/s1. The summed E-state index contributed by atoms with van der Waals surface area (Å²) in [6, 6.07) is 9.49. The summed E-state index contributed by atoms with van der Waals surface area (Å²) in [5.74, 6) is 1.04. The van der Waals surface area contributed by atoms with Crippen molar-refractivity contribution in [2.75, 3.05) is 13.1 Å². The van der Waals surface area contributed by atoms with E-state index in [-0.39, 0.29) is 37.2 Å². The third kappa shape index (κ3) is 3.28. The van der Waals surface area contributed by atoms with Gasteiger partial charge in [-0.15, -0.1) is 0 Å². The van der Waals surface area contributed by atoms with Crippen molar-refractivity contribution in [2.45, 2.75) is 51.8 Å². The number of fused-ring (bicyclic) bond motifs is 2. The van der Waals surface area contributed by atoms with Gasteiger partial charge in [-0.2, -0.15) is 0 Å². The number of hydrogen-bond acceptors (Lipinski definition) is 6. The summed E-state index contributed by atoms with van der Waals surface area (Å²) < 4.78 is 16.7. The van der Waals surface area contributed by atoms with Gasteiger partial charge in [0.15, 0.2) is 6.00 Å². The van der Waals surface area contributed by atoms with Gasteiger partial charge in [-0.25, -0.2) is 0 Å². The van der Waals surface area contributed by atoms with E-state index in [1.165, 1.54) is 6.42 Å². The molecule has 7 heteroatoms. The van der Waals surface area contributed by atoms with Crippen LogP contribution in [0.15, 0.2) is 30.3 Å². The van der Waals surface area contributed by atoms with E-state index in [1.807, 2.05) is 35.2 Å². The lowest BCUT2D eigenvalue weighted by Crippen LogP contribution is -2.62. The molecule has 154 valence electrons. The molecule has 0 amide bonds. The largest absolute Gasteiger partial charge is 0.632 e. The maximum Gasteiger partial charge on any atom is 0.632 e. The summed E-state index contributed by atoms with van der Waals surface area (Å²) >= 11 is 0. The third-order valence-corrected chi connectivity index (χ3v) is 7.86. The lowest BCUT2D eigenvalue weighted by atomic mass is 9.44. The zero-order valence-corrected chi connectivity index (χ0v) is 17.2. The van der Waals surface area contributed by atoms with Crippen LogP contribution < -0.4 is 0 Å². The van der Waals surface area contributed by atoms with Crippen LogP contribution in [0.5, 0.6) is 0 Å². The van der Waals surface area contributed by atoms with Crippen molar-refractivity contribution in [3.05, 3.63) is 35.9 Å². The van der Waals surface area contributed by atoms with Gasteiger partial charge in [-0.3, -0.25) is 14.5 Å². The van der Waals surface area contributed by atoms with E-state index in [1.54, 1.807) is 0 Å². The van der Waals surface area contributed by atoms with Gasteiger partial charge in [0.1, 0.15) is 6.10 Å². The van der Waals surface area contributed by atoms with Crippen LogP contribution in [0.3, 0.4) is 0 Å². The van der Waals surface area contributed by atoms with Crippen LogP contribution in [0.25, 0.3) is 0 Å². The minimum Gasteiger partial charge on any atom is -0.496 e. The number of rotatable bonds is 3. The molecule has 1 aromatic carbocycles. The molecule has 1 unspecified atom stereocenters.